The van der Waals surface area contributed by atoms with Gasteiger partial charge in [0.1, 0.15) is 4.34 Å². The van der Waals surface area contributed by atoms with E-state index in [1.807, 2.05) is 17.5 Å². The molecule has 0 aliphatic carbocycles. The third-order valence-corrected chi connectivity index (χ3v) is 6.80. The Bertz CT molecular complexity index is 661. The zero-order valence-electron chi connectivity index (χ0n) is 8.20. The number of halogens is 2. The highest BCUT2D eigenvalue weighted by Crippen LogP contribution is 2.36. The summed E-state index contributed by atoms with van der Waals surface area (Å²) in [5, 5.41) is 2.04. The van der Waals surface area contributed by atoms with Crippen LogP contribution in [0.3, 0.4) is 0 Å². The van der Waals surface area contributed by atoms with E-state index in [2.05, 4.69) is 15.9 Å². The molecule has 0 unspecified atom stereocenters. The second-order valence-electron chi connectivity index (χ2n) is 3.32. The largest absolute Gasteiger partial charge is 0.287 e. The van der Waals surface area contributed by atoms with Crippen LogP contribution in [-0.2, 0) is 0 Å². The molecule has 0 aromatic carbocycles. The highest BCUT2D eigenvalue weighted by atomic mass is 79.9. The summed E-state index contributed by atoms with van der Waals surface area (Å²) < 4.78 is 3.73. The minimum absolute atomic E-state index is 0.0519. The van der Waals surface area contributed by atoms with Gasteiger partial charge >= 0.3 is 0 Å². The minimum atomic E-state index is 0.0519. The second kappa shape index (κ2) is 4.48. The number of hydrogen-bond donors (Lipinski definition) is 0. The van der Waals surface area contributed by atoms with Crippen LogP contribution >= 0.6 is 61.5 Å². The first-order valence-electron chi connectivity index (χ1n) is 4.62. The predicted octanol–water partition coefficient (Wildman–Crippen LogP) is 5.67. The number of ketones is 1. The summed E-state index contributed by atoms with van der Waals surface area (Å²) in [5.74, 6) is 0.0519. The Kier molecular flexibility index (Phi) is 3.13. The average Bonchev–Trinajstić information content (AvgIpc) is 2.92. The summed E-state index contributed by atoms with van der Waals surface area (Å²) in [6.07, 6.45) is 0. The third-order valence-electron chi connectivity index (χ3n) is 2.23. The van der Waals surface area contributed by atoms with Crippen molar-refractivity contribution in [1.29, 1.82) is 0 Å². The number of carbonyl (C=O) groups is 1. The van der Waals surface area contributed by atoms with E-state index in [-0.39, 0.29) is 5.78 Å². The Morgan fingerprint density at radius 3 is 2.59 bits per heavy atom. The van der Waals surface area contributed by atoms with Crippen molar-refractivity contribution < 1.29 is 4.79 Å². The molecule has 3 rings (SSSR count). The van der Waals surface area contributed by atoms with Crippen LogP contribution in [0.15, 0.2) is 28.1 Å². The Morgan fingerprint density at radius 2 is 1.94 bits per heavy atom. The first-order chi connectivity index (χ1) is 8.15. The van der Waals surface area contributed by atoms with Crippen molar-refractivity contribution in [3.63, 3.8) is 0 Å². The van der Waals surface area contributed by atoms with Crippen molar-refractivity contribution in [1.82, 2.24) is 0 Å². The van der Waals surface area contributed by atoms with Gasteiger partial charge in [-0.2, -0.15) is 0 Å². The number of fused-ring (bicyclic) bond motifs is 1. The molecule has 0 fully saturated rings. The van der Waals surface area contributed by atoms with Gasteiger partial charge in [0.25, 0.3) is 0 Å². The second-order valence-corrected chi connectivity index (χ2v) is 7.86. The molecule has 1 nitrogen and oxygen atoms in total. The molecule has 0 bridgehead atoms. The normalized spacial score (nSPS) is 11.2. The molecule has 3 aromatic rings. The number of rotatable bonds is 2. The number of hydrogen-bond acceptors (Lipinski definition) is 4. The summed E-state index contributed by atoms with van der Waals surface area (Å²) in [5.41, 5.74) is 0. The SMILES string of the molecule is O=C(c1cc(Br)c(Cl)s1)c1cc2sccc2s1. The fourth-order valence-electron chi connectivity index (χ4n) is 1.46. The zero-order chi connectivity index (χ0) is 12.0. The van der Waals surface area contributed by atoms with E-state index >= 15 is 0 Å². The van der Waals surface area contributed by atoms with E-state index in [1.165, 1.54) is 32.1 Å². The Balaban J connectivity index is 2.04. The van der Waals surface area contributed by atoms with Crippen molar-refractivity contribution in [3.05, 3.63) is 42.1 Å². The van der Waals surface area contributed by atoms with Crippen LogP contribution < -0.4 is 0 Å². The van der Waals surface area contributed by atoms with Crippen LogP contribution in [-0.4, -0.2) is 5.78 Å². The lowest BCUT2D eigenvalue weighted by Crippen LogP contribution is -1.93. The molecule has 0 atom stereocenters. The standard InChI is InChI=1S/C11H4BrClOS3/c12-5-3-8(17-11(5)13)10(14)9-4-7-6(16-9)1-2-15-7/h1-4H. The summed E-state index contributed by atoms with van der Waals surface area (Å²) in [4.78, 5) is 13.7. The van der Waals surface area contributed by atoms with Gasteiger partial charge in [0.05, 0.1) is 9.75 Å². The number of thiophene rings is 3. The molecule has 0 spiro atoms. The zero-order valence-corrected chi connectivity index (χ0v) is 13.0. The van der Waals surface area contributed by atoms with Gasteiger partial charge in [-0.05, 0) is 39.5 Å². The van der Waals surface area contributed by atoms with E-state index in [0.29, 0.717) is 9.21 Å². The van der Waals surface area contributed by atoms with E-state index in [1.54, 1.807) is 17.4 Å². The molecule has 6 heteroatoms. The van der Waals surface area contributed by atoms with Gasteiger partial charge in [-0.15, -0.1) is 34.0 Å². The Hall–Kier alpha value is -0.200. The van der Waals surface area contributed by atoms with Crippen LogP contribution in [0.1, 0.15) is 14.5 Å². The smallest absolute Gasteiger partial charge is 0.213 e. The molecule has 0 N–H and O–H groups in total. The quantitative estimate of drug-likeness (QED) is 0.536. The Morgan fingerprint density at radius 1 is 1.18 bits per heavy atom. The van der Waals surface area contributed by atoms with E-state index in [4.69, 9.17) is 11.6 Å². The van der Waals surface area contributed by atoms with Gasteiger partial charge in [0.2, 0.25) is 5.78 Å². The van der Waals surface area contributed by atoms with Crippen LogP contribution in [0, 0.1) is 0 Å². The van der Waals surface area contributed by atoms with Crippen molar-refractivity contribution in [2.75, 3.05) is 0 Å². The molecule has 3 heterocycles. The monoisotopic (exact) mass is 362 g/mol. The van der Waals surface area contributed by atoms with Gasteiger partial charge in [0.15, 0.2) is 0 Å². The van der Waals surface area contributed by atoms with Gasteiger partial charge in [-0.3, -0.25) is 4.79 Å². The molecular weight excluding hydrogens is 360 g/mol. The fraction of sp³-hybridized carbons (Fsp3) is 0. The van der Waals surface area contributed by atoms with Gasteiger partial charge in [0, 0.05) is 13.9 Å². The maximum atomic E-state index is 12.2. The number of carbonyl (C=O) groups excluding carboxylic acids is 1. The molecule has 0 saturated heterocycles. The molecule has 0 aliphatic rings. The van der Waals surface area contributed by atoms with E-state index in [9.17, 15) is 4.79 Å². The maximum absolute atomic E-state index is 12.2. The maximum Gasteiger partial charge on any atom is 0.213 e. The van der Waals surface area contributed by atoms with Crippen molar-refractivity contribution in [2.45, 2.75) is 0 Å². The molecule has 86 valence electrons. The highest BCUT2D eigenvalue weighted by Gasteiger charge is 2.17. The van der Waals surface area contributed by atoms with Gasteiger partial charge < -0.3 is 0 Å². The lowest BCUT2D eigenvalue weighted by molar-refractivity contribution is 0.104. The first kappa shape index (κ1) is 11.9. The fourth-order valence-corrected chi connectivity index (χ4v) is 5.24. The molecule has 0 saturated carbocycles. The Labute approximate surface area is 123 Å². The lowest BCUT2D eigenvalue weighted by atomic mass is 10.3. The topological polar surface area (TPSA) is 17.1 Å². The third kappa shape index (κ3) is 2.11. The summed E-state index contributed by atoms with van der Waals surface area (Å²) >= 11 is 13.8. The summed E-state index contributed by atoms with van der Waals surface area (Å²) in [6.45, 7) is 0. The van der Waals surface area contributed by atoms with Gasteiger partial charge in [-0.25, -0.2) is 0 Å². The summed E-state index contributed by atoms with van der Waals surface area (Å²) in [7, 11) is 0. The van der Waals surface area contributed by atoms with E-state index < -0.39 is 0 Å². The molecule has 17 heavy (non-hydrogen) atoms. The molecular formula is C11H4BrClOS3. The average molecular weight is 364 g/mol. The van der Waals surface area contributed by atoms with Crippen LogP contribution in [0.25, 0.3) is 9.40 Å². The molecule has 0 radical (unpaired) electrons. The molecule has 3 aromatic heterocycles. The van der Waals surface area contributed by atoms with Gasteiger partial charge in [-0.1, -0.05) is 11.6 Å². The lowest BCUT2D eigenvalue weighted by Gasteiger charge is -1.90. The van der Waals surface area contributed by atoms with Crippen LogP contribution in [0.2, 0.25) is 4.34 Å². The van der Waals surface area contributed by atoms with Crippen molar-refractivity contribution in [3.8, 4) is 0 Å². The highest BCUT2D eigenvalue weighted by molar-refractivity contribution is 9.10. The van der Waals surface area contributed by atoms with Crippen molar-refractivity contribution in [2.24, 2.45) is 0 Å². The minimum Gasteiger partial charge on any atom is -0.287 e. The van der Waals surface area contributed by atoms with Crippen LogP contribution in [0.5, 0.6) is 0 Å². The predicted molar refractivity (Wildman–Crippen MR) is 80.2 cm³/mol. The first-order valence-corrected chi connectivity index (χ1v) is 8.30. The van der Waals surface area contributed by atoms with E-state index in [0.717, 1.165) is 9.35 Å². The summed E-state index contributed by atoms with van der Waals surface area (Å²) in [6, 6.07) is 5.77. The van der Waals surface area contributed by atoms with Crippen LogP contribution in [0.4, 0.5) is 0 Å². The molecule has 0 aliphatic heterocycles. The molecule has 0 amide bonds. The van der Waals surface area contributed by atoms with Crippen molar-refractivity contribution >= 4 is 76.7 Å².